The van der Waals surface area contributed by atoms with Crippen LogP contribution in [-0.4, -0.2) is 11.0 Å². The van der Waals surface area contributed by atoms with E-state index in [1.54, 1.807) is 0 Å². The average Bonchev–Trinajstić information content (AvgIpc) is 2.42. The highest BCUT2D eigenvalue weighted by atomic mass is 19.1. The molecule has 0 heterocycles. The molecule has 0 saturated carbocycles. The van der Waals surface area contributed by atoms with Crippen molar-refractivity contribution >= 4 is 6.09 Å². The van der Waals surface area contributed by atoms with Crippen LogP contribution in [0.25, 0.3) is 0 Å². The lowest BCUT2D eigenvalue weighted by molar-refractivity contribution is -0.267. The summed E-state index contributed by atoms with van der Waals surface area (Å²) in [5.41, 5.74) is 1.30. The number of nitrogens with zero attached hydrogens (tertiary/aromatic N) is 1. The molecule has 0 spiro atoms. The lowest BCUT2D eigenvalue weighted by Crippen LogP contribution is -2.40. The van der Waals surface area contributed by atoms with Gasteiger partial charge in [-0.3, -0.25) is 0 Å². The van der Waals surface area contributed by atoms with Gasteiger partial charge in [0.2, 0.25) is 0 Å². The summed E-state index contributed by atoms with van der Waals surface area (Å²) < 4.78 is 25.6. The maximum Gasteiger partial charge on any atom is 0.137 e. The summed E-state index contributed by atoms with van der Waals surface area (Å²) in [4.78, 5) is 12.2. The minimum absolute atomic E-state index is 0.0833. The largest absolute Gasteiger partial charge is 0.530 e. The monoisotopic (exact) mass is 276 g/mol. The standard InChI is InChI=1S/C15H13F2NO2/c16-13-5-1-11(2-6-13)9-18(15(19)20)10-12-3-7-14(17)8-4-12/h1-8H,9-10H2,(H,19,20)/p-1. The minimum Gasteiger partial charge on any atom is -0.530 e. The van der Waals surface area contributed by atoms with Crippen LogP contribution >= 0.6 is 0 Å². The predicted octanol–water partition coefficient (Wildman–Crippen LogP) is 2.31. The number of hydrogen-bond acceptors (Lipinski definition) is 2. The van der Waals surface area contributed by atoms with Gasteiger partial charge in [-0.25, -0.2) is 8.78 Å². The van der Waals surface area contributed by atoms with E-state index in [0.717, 1.165) is 4.90 Å². The van der Waals surface area contributed by atoms with Crippen molar-refractivity contribution in [2.75, 3.05) is 0 Å². The fraction of sp³-hybridized carbons (Fsp3) is 0.133. The van der Waals surface area contributed by atoms with Crippen LogP contribution in [0, 0.1) is 11.6 Å². The molecule has 2 aromatic carbocycles. The van der Waals surface area contributed by atoms with E-state index in [9.17, 15) is 18.7 Å². The molecule has 0 unspecified atom stereocenters. The Kier molecular flexibility index (Phi) is 4.30. The van der Waals surface area contributed by atoms with Crippen LogP contribution in [0.15, 0.2) is 48.5 Å². The molecular weight excluding hydrogens is 264 g/mol. The Morgan fingerprint density at radius 3 is 1.50 bits per heavy atom. The quantitative estimate of drug-likeness (QED) is 0.860. The molecule has 0 aliphatic carbocycles. The number of hydrogen-bond donors (Lipinski definition) is 0. The lowest BCUT2D eigenvalue weighted by Gasteiger charge is -2.25. The van der Waals surface area contributed by atoms with Gasteiger partial charge in [-0.2, -0.15) is 0 Å². The smallest absolute Gasteiger partial charge is 0.137 e. The van der Waals surface area contributed by atoms with Gasteiger partial charge in [-0.1, -0.05) is 24.3 Å². The van der Waals surface area contributed by atoms with Crippen LogP contribution in [0.1, 0.15) is 11.1 Å². The molecule has 0 aliphatic rings. The highest BCUT2D eigenvalue weighted by Gasteiger charge is 2.07. The van der Waals surface area contributed by atoms with Crippen molar-refractivity contribution in [2.45, 2.75) is 13.1 Å². The van der Waals surface area contributed by atoms with E-state index in [2.05, 4.69) is 0 Å². The fourth-order valence-electron chi connectivity index (χ4n) is 1.81. The molecule has 20 heavy (non-hydrogen) atoms. The molecule has 0 saturated heterocycles. The first-order valence-electron chi connectivity index (χ1n) is 5.99. The van der Waals surface area contributed by atoms with Crippen molar-refractivity contribution in [3.63, 3.8) is 0 Å². The summed E-state index contributed by atoms with van der Waals surface area (Å²) in [7, 11) is 0. The van der Waals surface area contributed by atoms with Crippen molar-refractivity contribution in [1.29, 1.82) is 0 Å². The number of rotatable bonds is 4. The van der Waals surface area contributed by atoms with Gasteiger partial charge in [0, 0.05) is 13.1 Å². The Labute approximate surface area is 115 Å². The molecule has 5 heteroatoms. The summed E-state index contributed by atoms with van der Waals surface area (Å²) in [6.07, 6.45) is -1.33. The summed E-state index contributed by atoms with van der Waals surface area (Å²) >= 11 is 0. The van der Waals surface area contributed by atoms with Gasteiger partial charge in [0.25, 0.3) is 0 Å². The Morgan fingerprint density at radius 2 is 1.20 bits per heavy atom. The van der Waals surface area contributed by atoms with Gasteiger partial charge in [-0.15, -0.1) is 0 Å². The van der Waals surface area contributed by atoms with Crippen molar-refractivity contribution < 1.29 is 18.7 Å². The molecule has 104 valence electrons. The van der Waals surface area contributed by atoms with E-state index in [1.165, 1.54) is 48.5 Å². The first-order chi connectivity index (χ1) is 9.54. The van der Waals surface area contributed by atoms with Gasteiger partial charge in [0.15, 0.2) is 0 Å². The molecule has 2 aromatic rings. The lowest BCUT2D eigenvalue weighted by atomic mass is 10.1. The van der Waals surface area contributed by atoms with Gasteiger partial charge >= 0.3 is 0 Å². The number of halogens is 2. The van der Waals surface area contributed by atoms with E-state index >= 15 is 0 Å². The van der Waals surface area contributed by atoms with Crippen LogP contribution in [0.4, 0.5) is 13.6 Å². The molecule has 0 bridgehead atoms. The van der Waals surface area contributed by atoms with E-state index in [-0.39, 0.29) is 24.7 Å². The molecule has 0 N–H and O–H groups in total. The molecule has 0 fully saturated rings. The number of amides is 1. The number of benzene rings is 2. The average molecular weight is 276 g/mol. The normalized spacial score (nSPS) is 10.3. The topological polar surface area (TPSA) is 43.4 Å². The van der Waals surface area contributed by atoms with Gasteiger partial charge in [0.1, 0.15) is 17.7 Å². The number of carboxylic acid groups (broad SMARTS) is 1. The SMILES string of the molecule is O=C([O-])N(Cc1ccc(F)cc1)Cc1ccc(F)cc1. The van der Waals surface area contributed by atoms with E-state index in [4.69, 9.17) is 0 Å². The summed E-state index contributed by atoms with van der Waals surface area (Å²) in [6, 6.07) is 11.1. The molecule has 0 aromatic heterocycles. The highest BCUT2D eigenvalue weighted by molar-refractivity contribution is 5.62. The second-order valence-corrected chi connectivity index (χ2v) is 4.37. The fourth-order valence-corrected chi connectivity index (χ4v) is 1.81. The Morgan fingerprint density at radius 1 is 0.850 bits per heavy atom. The zero-order valence-corrected chi connectivity index (χ0v) is 10.6. The Bertz CT molecular complexity index is 534. The Balaban J connectivity index is 2.09. The molecule has 2 rings (SSSR count). The van der Waals surface area contributed by atoms with Crippen molar-refractivity contribution in [1.82, 2.24) is 4.90 Å². The van der Waals surface area contributed by atoms with E-state index in [1.807, 2.05) is 0 Å². The van der Waals surface area contributed by atoms with Crippen molar-refractivity contribution in [2.24, 2.45) is 0 Å². The van der Waals surface area contributed by atoms with Gasteiger partial charge in [0.05, 0.1) is 0 Å². The third-order valence-corrected chi connectivity index (χ3v) is 2.83. The number of carbonyl (C=O) groups is 1. The van der Waals surface area contributed by atoms with Gasteiger partial charge in [-0.05, 0) is 35.4 Å². The van der Waals surface area contributed by atoms with Crippen LogP contribution in [-0.2, 0) is 13.1 Å². The Hall–Kier alpha value is -2.43. The third kappa shape index (κ3) is 3.78. The van der Waals surface area contributed by atoms with Crippen LogP contribution in [0.5, 0.6) is 0 Å². The summed E-state index contributed by atoms with van der Waals surface area (Å²) in [6.45, 7) is 0.167. The maximum atomic E-state index is 12.8. The molecule has 0 radical (unpaired) electrons. The molecule has 0 aliphatic heterocycles. The summed E-state index contributed by atoms with van der Waals surface area (Å²) in [5.74, 6) is -0.764. The molecular formula is C15H12F2NO2-. The van der Waals surface area contributed by atoms with Crippen LogP contribution in [0.2, 0.25) is 0 Å². The zero-order valence-electron chi connectivity index (χ0n) is 10.6. The highest BCUT2D eigenvalue weighted by Crippen LogP contribution is 2.11. The van der Waals surface area contributed by atoms with Crippen LogP contribution < -0.4 is 5.11 Å². The molecule has 3 nitrogen and oxygen atoms in total. The predicted molar refractivity (Wildman–Crippen MR) is 67.4 cm³/mol. The van der Waals surface area contributed by atoms with E-state index < -0.39 is 6.09 Å². The number of carbonyl (C=O) groups excluding carboxylic acids is 1. The van der Waals surface area contributed by atoms with Gasteiger partial charge < -0.3 is 14.8 Å². The summed E-state index contributed by atoms with van der Waals surface area (Å²) in [5, 5.41) is 11.1. The second kappa shape index (κ2) is 6.14. The van der Waals surface area contributed by atoms with Crippen LogP contribution in [0.3, 0.4) is 0 Å². The first-order valence-corrected chi connectivity index (χ1v) is 5.99. The molecule has 0 atom stereocenters. The van der Waals surface area contributed by atoms with Crippen molar-refractivity contribution in [3.8, 4) is 0 Å². The second-order valence-electron chi connectivity index (χ2n) is 4.37. The zero-order chi connectivity index (χ0) is 14.5. The van der Waals surface area contributed by atoms with E-state index in [0.29, 0.717) is 11.1 Å². The maximum absolute atomic E-state index is 12.8. The third-order valence-electron chi connectivity index (χ3n) is 2.83. The first kappa shape index (κ1) is 14.0. The minimum atomic E-state index is -1.33. The van der Waals surface area contributed by atoms with Crippen molar-refractivity contribution in [3.05, 3.63) is 71.3 Å². The molecule has 1 amide bonds.